The van der Waals surface area contributed by atoms with Crippen molar-refractivity contribution < 1.29 is 29.6 Å². The van der Waals surface area contributed by atoms with Gasteiger partial charge in [0.1, 0.15) is 18.1 Å². The lowest BCUT2D eigenvalue weighted by Crippen LogP contribution is -2.31. The number of nitrogens with one attached hydrogen (secondary N) is 2. The van der Waals surface area contributed by atoms with Crippen molar-refractivity contribution >= 4 is 17.7 Å². The van der Waals surface area contributed by atoms with Crippen LogP contribution < -0.4 is 10.6 Å². The number of anilines is 1. The zero-order chi connectivity index (χ0) is 22.2. The molecule has 2 amide bonds. The summed E-state index contributed by atoms with van der Waals surface area (Å²) in [5, 5.41) is 33.7. The maximum absolute atomic E-state index is 12.3. The van der Waals surface area contributed by atoms with Gasteiger partial charge in [-0.1, -0.05) is 36.4 Å². The van der Waals surface area contributed by atoms with Crippen LogP contribution in [0.1, 0.15) is 27.5 Å². The van der Waals surface area contributed by atoms with Crippen LogP contribution in [-0.4, -0.2) is 33.9 Å². The van der Waals surface area contributed by atoms with Crippen molar-refractivity contribution in [3.63, 3.8) is 0 Å². The fourth-order valence-corrected chi connectivity index (χ4v) is 2.80. The molecule has 8 heteroatoms. The summed E-state index contributed by atoms with van der Waals surface area (Å²) in [4.78, 5) is 24.4. The first kappa shape index (κ1) is 21.7. The number of carbonyl (C=O) groups is 2. The van der Waals surface area contributed by atoms with Gasteiger partial charge in [0, 0.05) is 5.56 Å². The molecule has 3 aromatic rings. The van der Waals surface area contributed by atoms with Crippen LogP contribution in [0.3, 0.4) is 0 Å². The van der Waals surface area contributed by atoms with E-state index in [1.54, 1.807) is 54.6 Å². The van der Waals surface area contributed by atoms with Gasteiger partial charge in [0.05, 0.1) is 18.3 Å². The second kappa shape index (κ2) is 10.1. The molecule has 0 aliphatic heterocycles. The number of hydrogen-bond acceptors (Lipinski definition) is 6. The van der Waals surface area contributed by atoms with E-state index < -0.39 is 12.1 Å². The Hall–Kier alpha value is -4.04. The van der Waals surface area contributed by atoms with Crippen LogP contribution in [-0.2, 0) is 11.3 Å². The number of carbonyl (C=O) groups excluding carboxylic acids is 2. The van der Waals surface area contributed by atoms with Crippen molar-refractivity contribution in [3.05, 3.63) is 89.5 Å². The summed E-state index contributed by atoms with van der Waals surface area (Å²) in [6.45, 7) is -0.360. The van der Waals surface area contributed by atoms with Gasteiger partial charge in [-0.15, -0.1) is 0 Å². The number of ether oxygens (including phenoxy) is 1. The number of benzene rings is 3. The third-order valence-corrected chi connectivity index (χ3v) is 4.51. The number of aliphatic hydroxyl groups is 1. The Morgan fingerprint density at radius 1 is 0.903 bits per heavy atom. The summed E-state index contributed by atoms with van der Waals surface area (Å²) in [5.74, 6) is -0.326. The predicted molar refractivity (Wildman–Crippen MR) is 114 cm³/mol. The molecule has 0 radical (unpaired) electrons. The van der Waals surface area contributed by atoms with Crippen LogP contribution in [0.5, 0.6) is 11.5 Å². The van der Waals surface area contributed by atoms with Gasteiger partial charge in [-0.25, -0.2) is 4.79 Å². The van der Waals surface area contributed by atoms with Crippen molar-refractivity contribution in [2.24, 2.45) is 0 Å². The highest BCUT2D eigenvalue weighted by atomic mass is 16.5. The van der Waals surface area contributed by atoms with Crippen LogP contribution in [0.15, 0.2) is 72.8 Å². The second-order valence-corrected chi connectivity index (χ2v) is 6.72. The number of aliphatic hydroxyl groups excluding tert-OH is 1. The maximum atomic E-state index is 12.3. The molecule has 0 heterocycles. The topological polar surface area (TPSA) is 128 Å². The van der Waals surface area contributed by atoms with Crippen molar-refractivity contribution in [1.82, 2.24) is 5.32 Å². The molecule has 0 aromatic heterocycles. The van der Waals surface area contributed by atoms with E-state index in [4.69, 9.17) is 4.74 Å². The SMILES string of the molecule is O=C(N[C@H](CO)c1ccc(O)cc1)OCc1ccc(C(=O)Nc2ccccc2O)cc1. The number of phenols is 2. The van der Waals surface area contributed by atoms with Crippen LogP contribution in [0.25, 0.3) is 0 Å². The third kappa shape index (κ3) is 5.97. The fourth-order valence-electron chi connectivity index (χ4n) is 2.80. The molecule has 0 saturated carbocycles. The molecular formula is C23H22N2O6. The van der Waals surface area contributed by atoms with E-state index in [0.29, 0.717) is 22.4 Å². The van der Waals surface area contributed by atoms with Crippen molar-refractivity contribution in [2.45, 2.75) is 12.6 Å². The molecule has 3 aromatic carbocycles. The number of amides is 2. The van der Waals surface area contributed by atoms with E-state index >= 15 is 0 Å². The fraction of sp³-hybridized carbons (Fsp3) is 0.130. The molecular weight excluding hydrogens is 400 g/mol. The number of rotatable bonds is 7. The molecule has 0 aliphatic carbocycles. The summed E-state index contributed by atoms with van der Waals surface area (Å²) in [5.41, 5.74) is 1.98. The molecule has 5 N–H and O–H groups in total. The second-order valence-electron chi connectivity index (χ2n) is 6.72. The normalized spacial score (nSPS) is 11.4. The van der Waals surface area contributed by atoms with Gasteiger partial charge in [-0.2, -0.15) is 0 Å². The highest BCUT2D eigenvalue weighted by molar-refractivity contribution is 6.05. The Labute approximate surface area is 178 Å². The van der Waals surface area contributed by atoms with E-state index in [9.17, 15) is 24.9 Å². The Balaban J connectivity index is 1.52. The van der Waals surface area contributed by atoms with Gasteiger partial charge >= 0.3 is 6.09 Å². The van der Waals surface area contributed by atoms with Gasteiger partial charge in [0.15, 0.2) is 0 Å². The minimum atomic E-state index is -0.714. The molecule has 0 fully saturated rings. The predicted octanol–water partition coefficient (Wildman–Crippen LogP) is 3.31. The Morgan fingerprint density at radius 3 is 2.23 bits per heavy atom. The maximum Gasteiger partial charge on any atom is 0.408 e. The molecule has 1 atom stereocenters. The number of para-hydroxylation sites is 2. The summed E-state index contributed by atoms with van der Waals surface area (Å²) in [6, 6.07) is 18.3. The average Bonchev–Trinajstić information content (AvgIpc) is 2.78. The Kier molecular flexibility index (Phi) is 7.08. The highest BCUT2D eigenvalue weighted by Crippen LogP contribution is 2.22. The largest absolute Gasteiger partial charge is 0.508 e. The number of alkyl carbamates (subject to hydrolysis) is 1. The minimum absolute atomic E-state index is 0.0269. The van der Waals surface area contributed by atoms with E-state index in [1.165, 1.54) is 18.2 Å². The lowest BCUT2D eigenvalue weighted by atomic mass is 10.1. The smallest absolute Gasteiger partial charge is 0.408 e. The summed E-state index contributed by atoms with van der Waals surface area (Å²) >= 11 is 0. The van der Waals surface area contributed by atoms with E-state index in [1.807, 2.05) is 0 Å². The molecule has 31 heavy (non-hydrogen) atoms. The van der Waals surface area contributed by atoms with Gasteiger partial charge in [-0.3, -0.25) is 4.79 Å². The molecule has 0 spiro atoms. The van der Waals surface area contributed by atoms with Crippen molar-refractivity contribution in [1.29, 1.82) is 0 Å². The lowest BCUT2D eigenvalue weighted by molar-refractivity contribution is 0.102. The first-order chi connectivity index (χ1) is 15.0. The molecule has 0 bridgehead atoms. The van der Waals surface area contributed by atoms with Gasteiger partial charge in [0.25, 0.3) is 5.91 Å². The zero-order valence-electron chi connectivity index (χ0n) is 16.5. The van der Waals surface area contributed by atoms with Crippen LogP contribution in [0.2, 0.25) is 0 Å². The van der Waals surface area contributed by atoms with Crippen LogP contribution in [0.4, 0.5) is 10.5 Å². The highest BCUT2D eigenvalue weighted by Gasteiger charge is 2.15. The summed E-state index contributed by atoms with van der Waals surface area (Å²) < 4.78 is 5.17. The number of hydrogen-bond donors (Lipinski definition) is 5. The third-order valence-electron chi connectivity index (χ3n) is 4.51. The van der Waals surface area contributed by atoms with Gasteiger partial charge in [0.2, 0.25) is 0 Å². The van der Waals surface area contributed by atoms with E-state index in [0.717, 1.165) is 0 Å². The van der Waals surface area contributed by atoms with Gasteiger partial charge in [-0.05, 0) is 47.5 Å². The molecule has 3 rings (SSSR count). The van der Waals surface area contributed by atoms with E-state index in [2.05, 4.69) is 10.6 Å². The quantitative estimate of drug-likeness (QED) is 0.372. The monoisotopic (exact) mass is 422 g/mol. The molecule has 0 aliphatic rings. The zero-order valence-corrected chi connectivity index (χ0v) is 16.5. The molecule has 0 saturated heterocycles. The standard InChI is InChI=1S/C23H22N2O6/c26-13-20(16-9-11-18(27)12-10-16)25-23(30)31-14-15-5-7-17(8-6-15)22(29)24-19-3-1-2-4-21(19)28/h1-12,20,26-28H,13-14H2,(H,24,29)(H,25,30)/t20-/m1/s1. The first-order valence-corrected chi connectivity index (χ1v) is 9.47. The minimum Gasteiger partial charge on any atom is -0.508 e. The Morgan fingerprint density at radius 2 is 1.58 bits per heavy atom. The first-order valence-electron chi connectivity index (χ1n) is 9.47. The van der Waals surface area contributed by atoms with Crippen LogP contribution in [0, 0.1) is 0 Å². The average molecular weight is 422 g/mol. The Bertz CT molecular complexity index is 1030. The van der Waals surface area contributed by atoms with E-state index in [-0.39, 0.29) is 30.6 Å². The molecule has 0 unspecified atom stereocenters. The summed E-state index contributed by atoms with van der Waals surface area (Å²) in [7, 11) is 0. The number of aromatic hydroxyl groups is 2. The van der Waals surface area contributed by atoms with Crippen LogP contribution >= 0.6 is 0 Å². The van der Waals surface area contributed by atoms with Crippen molar-refractivity contribution in [2.75, 3.05) is 11.9 Å². The van der Waals surface area contributed by atoms with Gasteiger partial charge < -0.3 is 30.7 Å². The molecule has 160 valence electrons. The van der Waals surface area contributed by atoms with Crippen molar-refractivity contribution in [3.8, 4) is 11.5 Å². The summed E-state index contributed by atoms with van der Waals surface area (Å²) in [6.07, 6.45) is -0.714. The lowest BCUT2D eigenvalue weighted by Gasteiger charge is -2.16. The number of phenolic OH excluding ortho intramolecular Hbond substituents is 2. The molecule has 8 nitrogen and oxygen atoms in total.